The summed E-state index contributed by atoms with van der Waals surface area (Å²) < 4.78 is 0. The minimum Gasteiger partial charge on any atom is -0.329 e. The first-order chi connectivity index (χ1) is 8.58. The Morgan fingerprint density at radius 3 is 2.89 bits per heavy atom. The van der Waals surface area contributed by atoms with Gasteiger partial charge in [-0.3, -0.25) is 4.90 Å². The monoisotopic (exact) mass is 269 g/mol. The molecule has 6 heteroatoms. The average Bonchev–Trinajstić information content (AvgIpc) is 2.30. The van der Waals surface area contributed by atoms with Crippen LogP contribution in [-0.4, -0.2) is 59.0 Å². The minimum absolute atomic E-state index is 0.367. The number of hydrogen-bond acceptors (Lipinski definition) is 5. The van der Waals surface area contributed by atoms with Crippen LogP contribution in [0.15, 0.2) is 6.07 Å². The van der Waals surface area contributed by atoms with Crippen LogP contribution < -0.4 is 5.73 Å². The fraction of sp³-hybridized carbons (Fsp3) is 0.667. The number of aromatic nitrogens is 2. The van der Waals surface area contributed by atoms with Crippen LogP contribution in [0.4, 0.5) is 0 Å². The van der Waals surface area contributed by atoms with E-state index < -0.39 is 0 Å². The maximum Gasteiger partial charge on any atom is 0.144 e. The Hall–Kier alpha value is -0.750. The van der Waals surface area contributed by atoms with Gasteiger partial charge in [0.05, 0.1) is 6.54 Å². The molecule has 1 aromatic rings. The third-order valence-electron chi connectivity index (χ3n) is 3.29. The Kier molecular flexibility index (Phi) is 4.50. The van der Waals surface area contributed by atoms with E-state index in [0.29, 0.717) is 17.7 Å². The lowest BCUT2D eigenvalue weighted by atomic mass is 10.1. The molecule has 1 atom stereocenters. The number of nitrogens with two attached hydrogens (primary N) is 1. The van der Waals surface area contributed by atoms with Gasteiger partial charge in [-0.2, -0.15) is 0 Å². The molecule has 0 saturated carbocycles. The molecule has 2 rings (SSSR count). The van der Waals surface area contributed by atoms with Crippen LogP contribution in [-0.2, 0) is 6.54 Å². The zero-order valence-electron chi connectivity index (χ0n) is 10.9. The molecule has 1 fully saturated rings. The summed E-state index contributed by atoms with van der Waals surface area (Å²) in [5.74, 6) is 0.781. The first-order valence-corrected chi connectivity index (χ1v) is 6.59. The molecule has 5 nitrogen and oxygen atoms in total. The van der Waals surface area contributed by atoms with Crippen molar-refractivity contribution >= 4 is 11.6 Å². The topological polar surface area (TPSA) is 58.3 Å². The number of hydrogen-bond donors (Lipinski definition) is 1. The lowest BCUT2D eigenvalue weighted by molar-refractivity contribution is 0.0857. The van der Waals surface area contributed by atoms with Crippen molar-refractivity contribution in [3.63, 3.8) is 0 Å². The van der Waals surface area contributed by atoms with Gasteiger partial charge in [0, 0.05) is 37.9 Å². The Morgan fingerprint density at radius 2 is 2.22 bits per heavy atom. The van der Waals surface area contributed by atoms with E-state index in [9.17, 15) is 0 Å². The van der Waals surface area contributed by atoms with Crippen LogP contribution >= 0.6 is 11.6 Å². The van der Waals surface area contributed by atoms with Gasteiger partial charge in [0.25, 0.3) is 0 Å². The van der Waals surface area contributed by atoms with Crippen molar-refractivity contribution in [1.29, 1.82) is 0 Å². The second kappa shape index (κ2) is 5.93. The molecule has 0 aromatic carbocycles. The van der Waals surface area contributed by atoms with E-state index in [1.54, 1.807) is 6.07 Å². The number of halogens is 1. The lowest BCUT2D eigenvalue weighted by Crippen LogP contribution is -2.54. The molecule has 1 aromatic heterocycles. The van der Waals surface area contributed by atoms with Gasteiger partial charge >= 0.3 is 0 Å². The van der Waals surface area contributed by atoms with Crippen molar-refractivity contribution < 1.29 is 0 Å². The van der Waals surface area contributed by atoms with Crippen molar-refractivity contribution in [2.75, 3.05) is 33.2 Å². The predicted molar refractivity (Wildman–Crippen MR) is 72.5 cm³/mol. The zero-order chi connectivity index (χ0) is 13.1. The highest BCUT2D eigenvalue weighted by atomic mass is 35.5. The Labute approximate surface area is 113 Å². The quantitative estimate of drug-likeness (QED) is 0.811. The molecule has 0 spiro atoms. The van der Waals surface area contributed by atoms with Gasteiger partial charge < -0.3 is 10.6 Å². The maximum atomic E-state index is 5.96. The molecule has 1 aliphatic rings. The van der Waals surface area contributed by atoms with Gasteiger partial charge in [-0.05, 0) is 20.0 Å². The first-order valence-electron chi connectivity index (χ1n) is 6.21. The van der Waals surface area contributed by atoms with Crippen LogP contribution in [0.1, 0.15) is 11.5 Å². The Morgan fingerprint density at radius 1 is 1.44 bits per heavy atom. The summed E-state index contributed by atoms with van der Waals surface area (Å²) in [6, 6.07) is 2.14. The van der Waals surface area contributed by atoms with Gasteiger partial charge in [-0.25, -0.2) is 9.97 Å². The molecule has 2 N–H and O–H groups in total. The molecule has 0 radical (unpaired) electrons. The van der Waals surface area contributed by atoms with Gasteiger partial charge in [0.1, 0.15) is 11.0 Å². The highest BCUT2D eigenvalue weighted by molar-refractivity contribution is 6.29. The standard InChI is InChI=1S/C12H20ClN5/c1-9-5-11(13)16-12(15-9)8-18-4-3-17(2)7-10(18)6-14/h5,10H,3-4,6-8,14H2,1-2H3. The van der Waals surface area contributed by atoms with Crippen LogP contribution in [0, 0.1) is 6.92 Å². The molecule has 0 aliphatic carbocycles. The lowest BCUT2D eigenvalue weighted by Gasteiger charge is -2.39. The van der Waals surface area contributed by atoms with E-state index in [1.165, 1.54) is 0 Å². The van der Waals surface area contributed by atoms with Crippen molar-refractivity contribution in [3.8, 4) is 0 Å². The second-order valence-electron chi connectivity index (χ2n) is 4.87. The zero-order valence-corrected chi connectivity index (χ0v) is 11.7. The van der Waals surface area contributed by atoms with Crippen molar-refractivity contribution in [2.24, 2.45) is 5.73 Å². The summed E-state index contributed by atoms with van der Waals surface area (Å²) >= 11 is 5.96. The fourth-order valence-corrected chi connectivity index (χ4v) is 2.58. The van der Waals surface area contributed by atoms with Gasteiger partial charge in [0.15, 0.2) is 0 Å². The average molecular weight is 270 g/mol. The number of rotatable bonds is 3. The predicted octanol–water partition coefficient (Wildman–Crippen LogP) is 0.513. The molecule has 0 bridgehead atoms. The summed E-state index contributed by atoms with van der Waals surface area (Å²) in [7, 11) is 2.13. The molecule has 1 unspecified atom stereocenters. The van der Waals surface area contributed by atoms with Crippen LogP contribution in [0.25, 0.3) is 0 Å². The Balaban J connectivity index is 2.07. The van der Waals surface area contributed by atoms with E-state index in [4.69, 9.17) is 17.3 Å². The summed E-state index contributed by atoms with van der Waals surface area (Å²) in [4.78, 5) is 13.3. The number of aryl methyl sites for hydroxylation is 1. The highest BCUT2D eigenvalue weighted by Crippen LogP contribution is 2.13. The molecule has 1 saturated heterocycles. The van der Waals surface area contributed by atoms with E-state index >= 15 is 0 Å². The minimum atomic E-state index is 0.367. The molecule has 0 amide bonds. The van der Waals surface area contributed by atoms with E-state index in [1.807, 2.05) is 6.92 Å². The van der Waals surface area contributed by atoms with Crippen molar-refractivity contribution in [1.82, 2.24) is 19.8 Å². The third kappa shape index (κ3) is 3.38. The highest BCUT2D eigenvalue weighted by Gasteiger charge is 2.24. The summed E-state index contributed by atoms with van der Waals surface area (Å²) in [5.41, 5.74) is 6.74. The van der Waals surface area contributed by atoms with Gasteiger partial charge in [-0.15, -0.1) is 0 Å². The molecule has 18 heavy (non-hydrogen) atoms. The molecular formula is C12H20ClN5. The van der Waals surface area contributed by atoms with E-state index in [0.717, 1.165) is 37.7 Å². The van der Waals surface area contributed by atoms with Crippen LogP contribution in [0.5, 0.6) is 0 Å². The van der Waals surface area contributed by atoms with Crippen molar-refractivity contribution in [3.05, 3.63) is 22.7 Å². The smallest absolute Gasteiger partial charge is 0.144 e. The fourth-order valence-electron chi connectivity index (χ4n) is 2.32. The number of piperazine rings is 1. The first kappa shape index (κ1) is 13.7. The number of likely N-dealkylation sites (N-methyl/N-ethyl adjacent to an activating group) is 1. The summed E-state index contributed by atoms with van der Waals surface area (Å²) in [5, 5.41) is 0.510. The maximum absolute atomic E-state index is 5.96. The van der Waals surface area contributed by atoms with Crippen LogP contribution in [0.3, 0.4) is 0 Å². The summed E-state index contributed by atoms with van der Waals surface area (Å²) in [6.07, 6.45) is 0. The van der Waals surface area contributed by atoms with Crippen molar-refractivity contribution in [2.45, 2.75) is 19.5 Å². The van der Waals surface area contributed by atoms with Gasteiger partial charge in [-0.1, -0.05) is 11.6 Å². The summed E-state index contributed by atoms with van der Waals surface area (Å²) in [6.45, 7) is 6.35. The van der Waals surface area contributed by atoms with E-state index in [-0.39, 0.29) is 0 Å². The van der Waals surface area contributed by atoms with Crippen LogP contribution in [0.2, 0.25) is 5.15 Å². The third-order valence-corrected chi connectivity index (χ3v) is 3.49. The SMILES string of the molecule is Cc1cc(Cl)nc(CN2CCN(C)CC2CN)n1. The molecule has 2 heterocycles. The normalized spacial score (nSPS) is 22.3. The second-order valence-corrected chi connectivity index (χ2v) is 5.26. The molecular weight excluding hydrogens is 250 g/mol. The molecule has 100 valence electrons. The van der Waals surface area contributed by atoms with E-state index in [2.05, 4.69) is 26.8 Å². The largest absolute Gasteiger partial charge is 0.329 e. The molecule has 1 aliphatic heterocycles. The van der Waals surface area contributed by atoms with Gasteiger partial charge in [0.2, 0.25) is 0 Å². The Bertz CT molecular complexity index is 391. The number of nitrogens with zero attached hydrogens (tertiary/aromatic N) is 4.